The van der Waals surface area contributed by atoms with Crippen molar-refractivity contribution in [1.29, 1.82) is 0 Å². The first-order valence-corrected chi connectivity index (χ1v) is 5.96. The van der Waals surface area contributed by atoms with Gasteiger partial charge in [-0.15, -0.1) is 0 Å². The summed E-state index contributed by atoms with van der Waals surface area (Å²) in [4.78, 5) is 0. The first-order chi connectivity index (χ1) is 8.07. The molecule has 1 saturated heterocycles. The first-order valence-electron chi connectivity index (χ1n) is 5.96. The molecule has 1 unspecified atom stereocenters. The van der Waals surface area contributed by atoms with Crippen LogP contribution >= 0.6 is 0 Å². The summed E-state index contributed by atoms with van der Waals surface area (Å²) in [6.45, 7) is 0.916. The van der Waals surface area contributed by atoms with Gasteiger partial charge in [-0.05, 0) is 37.4 Å². The van der Waals surface area contributed by atoms with E-state index in [2.05, 4.69) is 5.32 Å². The number of nitrogens with one attached hydrogen (secondary N) is 1. The molecule has 1 atom stereocenters. The van der Waals surface area contributed by atoms with Gasteiger partial charge in [-0.3, -0.25) is 0 Å². The van der Waals surface area contributed by atoms with Crippen LogP contribution in [-0.2, 0) is 12.6 Å². The normalized spacial score (nSPS) is 21.5. The molecule has 0 saturated carbocycles. The fourth-order valence-electron chi connectivity index (χ4n) is 2.34. The maximum atomic E-state index is 12.8. The third kappa shape index (κ3) is 3.22. The first kappa shape index (κ1) is 12.4. The monoisotopic (exact) mass is 243 g/mol. The minimum atomic E-state index is -4.24. The van der Waals surface area contributed by atoms with Crippen LogP contribution in [0.2, 0.25) is 0 Å². The van der Waals surface area contributed by atoms with Crippen molar-refractivity contribution in [3.63, 3.8) is 0 Å². The van der Waals surface area contributed by atoms with Crippen LogP contribution in [0.25, 0.3) is 0 Å². The lowest BCUT2D eigenvalue weighted by molar-refractivity contribution is -0.138. The molecule has 1 aliphatic rings. The number of benzene rings is 1. The summed E-state index contributed by atoms with van der Waals surface area (Å²) in [5.74, 6) is 0. The van der Waals surface area contributed by atoms with E-state index >= 15 is 0 Å². The summed E-state index contributed by atoms with van der Waals surface area (Å²) < 4.78 is 38.3. The number of alkyl halides is 3. The molecule has 0 spiro atoms. The Kier molecular flexibility index (Phi) is 3.72. The summed E-state index contributed by atoms with van der Waals surface area (Å²) in [5, 5.41) is 3.28. The summed E-state index contributed by atoms with van der Waals surface area (Å²) in [5.41, 5.74) is -0.0910. The van der Waals surface area contributed by atoms with Crippen molar-refractivity contribution in [2.45, 2.75) is 37.9 Å². The van der Waals surface area contributed by atoms with E-state index in [1.54, 1.807) is 12.1 Å². The van der Waals surface area contributed by atoms with Crippen LogP contribution in [0.5, 0.6) is 0 Å². The molecule has 0 aliphatic carbocycles. The van der Waals surface area contributed by atoms with E-state index in [4.69, 9.17) is 0 Å². The highest BCUT2D eigenvalue weighted by Gasteiger charge is 2.33. The van der Waals surface area contributed by atoms with Gasteiger partial charge in [0.25, 0.3) is 0 Å². The van der Waals surface area contributed by atoms with Crippen molar-refractivity contribution in [2.24, 2.45) is 0 Å². The Bertz CT molecular complexity index is 367. The third-order valence-corrected chi connectivity index (χ3v) is 3.20. The molecule has 1 aromatic carbocycles. The van der Waals surface area contributed by atoms with Crippen LogP contribution in [-0.4, -0.2) is 12.6 Å². The highest BCUT2D eigenvalue weighted by atomic mass is 19.4. The number of hydrogen-bond donors (Lipinski definition) is 1. The number of halogens is 3. The number of piperidine rings is 1. The highest BCUT2D eigenvalue weighted by Crippen LogP contribution is 2.32. The second-order valence-electron chi connectivity index (χ2n) is 4.51. The van der Waals surface area contributed by atoms with E-state index in [0.29, 0.717) is 12.0 Å². The second kappa shape index (κ2) is 5.08. The van der Waals surface area contributed by atoms with Crippen molar-refractivity contribution in [3.8, 4) is 0 Å². The van der Waals surface area contributed by atoms with Crippen molar-refractivity contribution in [2.75, 3.05) is 6.54 Å². The topological polar surface area (TPSA) is 12.0 Å². The van der Waals surface area contributed by atoms with Crippen molar-refractivity contribution < 1.29 is 13.2 Å². The molecule has 2 rings (SSSR count). The predicted octanol–water partition coefficient (Wildman–Crippen LogP) is 3.39. The van der Waals surface area contributed by atoms with Crippen LogP contribution in [0.4, 0.5) is 13.2 Å². The average Bonchev–Trinajstić information content (AvgIpc) is 2.30. The Hall–Kier alpha value is -1.03. The van der Waals surface area contributed by atoms with Gasteiger partial charge in [-0.25, -0.2) is 0 Å². The Morgan fingerprint density at radius 3 is 2.59 bits per heavy atom. The standard InChI is InChI=1S/C13H16F3N/c14-13(15,16)12-7-2-1-5-10(12)9-11-6-3-4-8-17-11/h1-2,5,7,11,17H,3-4,6,8-9H2. The molecule has 1 aromatic rings. The number of rotatable bonds is 2. The van der Waals surface area contributed by atoms with E-state index in [-0.39, 0.29) is 6.04 Å². The lowest BCUT2D eigenvalue weighted by Gasteiger charge is -2.24. The van der Waals surface area contributed by atoms with Crippen LogP contribution in [0.15, 0.2) is 24.3 Å². The molecule has 0 radical (unpaired) electrons. The second-order valence-corrected chi connectivity index (χ2v) is 4.51. The quantitative estimate of drug-likeness (QED) is 0.839. The molecular weight excluding hydrogens is 227 g/mol. The van der Waals surface area contributed by atoms with E-state index in [1.807, 2.05) is 0 Å². The van der Waals surface area contributed by atoms with Crippen LogP contribution < -0.4 is 5.32 Å². The number of hydrogen-bond acceptors (Lipinski definition) is 1. The lowest BCUT2D eigenvalue weighted by Crippen LogP contribution is -2.36. The van der Waals surface area contributed by atoms with Gasteiger partial charge in [0.2, 0.25) is 0 Å². The van der Waals surface area contributed by atoms with E-state index in [1.165, 1.54) is 6.07 Å². The van der Waals surface area contributed by atoms with Gasteiger partial charge in [-0.2, -0.15) is 13.2 Å². The molecule has 0 amide bonds. The molecule has 1 fully saturated rings. The Morgan fingerprint density at radius 1 is 1.18 bits per heavy atom. The summed E-state index contributed by atoms with van der Waals surface area (Å²) in [7, 11) is 0. The minimum Gasteiger partial charge on any atom is -0.314 e. The molecule has 0 bridgehead atoms. The summed E-state index contributed by atoms with van der Waals surface area (Å²) >= 11 is 0. The van der Waals surface area contributed by atoms with Gasteiger partial charge in [0.05, 0.1) is 5.56 Å². The molecule has 1 heterocycles. The lowest BCUT2D eigenvalue weighted by atomic mass is 9.95. The summed E-state index contributed by atoms with van der Waals surface area (Å²) in [6, 6.07) is 6.05. The van der Waals surface area contributed by atoms with Crippen molar-refractivity contribution >= 4 is 0 Å². The zero-order valence-corrected chi connectivity index (χ0v) is 9.56. The van der Waals surface area contributed by atoms with Crippen LogP contribution in [0.3, 0.4) is 0 Å². The predicted molar refractivity (Wildman–Crippen MR) is 60.8 cm³/mol. The SMILES string of the molecule is FC(F)(F)c1ccccc1CC1CCCCN1. The fraction of sp³-hybridized carbons (Fsp3) is 0.538. The fourth-order valence-corrected chi connectivity index (χ4v) is 2.34. The smallest absolute Gasteiger partial charge is 0.314 e. The van der Waals surface area contributed by atoms with Gasteiger partial charge >= 0.3 is 6.18 Å². The van der Waals surface area contributed by atoms with Crippen LogP contribution in [0, 0.1) is 0 Å². The van der Waals surface area contributed by atoms with Gasteiger partial charge in [0.1, 0.15) is 0 Å². The Labute approximate surface area is 99.0 Å². The molecule has 4 heteroatoms. The Balaban J connectivity index is 2.14. The minimum absolute atomic E-state index is 0.187. The van der Waals surface area contributed by atoms with Crippen molar-refractivity contribution in [1.82, 2.24) is 5.32 Å². The maximum Gasteiger partial charge on any atom is 0.416 e. The zero-order chi connectivity index (χ0) is 12.3. The molecule has 17 heavy (non-hydrogen) atoms. The summed E-state index contributed by atoms with van der Waals surface area (Å²) in [6.07, 6.45) is -0.587. The van der Waals surface area contributed by atoms with E-state index in [9.17, 15) is 13.2 Å². The zero-order valence-electron chi connectivity index (χ0n) is 9.56. The van der Waals surface area contributed by atoms with E-state index < -0.39 is 11.7 Å². The molecule has 94 valence electrons. The van der Waals surface area contributed by atoms with Crippen LogP contribution in [0.1, 0.15) is 30.4 Å². The third-order valence-electron chi connectivity index (χ3n) is 3.20. The largest absolute Gasteiger partial charge is 0.416 e. The molecule has 1 nitrogen and oxygen atoms in total. The molecular formula is C13H16F3N. The van der Waals surface area contributed by atoms with Gasteiger partial charge in [0.15, 0.2) is 0 Å². The Morgan fingerprint density at radius 2 is 1.94 bits per heavy atom. The molecule has 1 N–H and O–H groups in total. The molecule has 0 aromatic heterocycles. The molecule has 1 aliphatic heterocycles. The van der Waals surface area contributed by atoms with E-state index in [0.717, 1.165) is 31.9 Å². The van der Waals surface area contributed by atoms with Gasteiger partial charge in [0, 0.05) is 6.04 Å². The average molecular weight is 243 g/mol. The maximum absolute atomic E-state index is 12.8. The highest BCUT2D eigenvalue weighted by molar-refractivity contribution is 5.30. The van der Waals surface area contributed by atoms with Gasteiger partial charge < -0.3 is 5.32 Å². The van der Waals surface area contributed by atoms with Crippen molar-refractivity contribution in [3.05, 3.63) is 35.4 Å². The van der Waals surface area contributed by atoms with Gasteiger partial charge in [-0.1, -0.05) is 24.6 Å².